The van der Waals surface area contributed by atoms with Crippen LogP contribution >= 0.6 is 11.3 Å². The molecule has 10 heteroatoms. The fraction of sp³-hybridized carbons (Fsp3) is 0.125. The molecule has 0 saturated carbocycles. The minimum Gasteiger partial charge on any atom is -0.450 e. The molecule has 1 amide bonds. The van der Waals surface area contributed by atoms with Gasteiger partial charge in [-0.3, -0.25) is 14.9 Å². The zero-order valence-corrected chi connectivity index (χ0v) is 18.8. The second-order valence-corrected chi connectivity index (χ2v) is 8.40. The third-order valence-electron chi connectivity index (χ3n) is 5.13. The zero-order chi connectivity index (χ0) is 24.2. The number of nitro benzene ring substituents is 1. The van der Waals surface area contributed by atoms with Crippen LogP contribution in [0.5, 0.6) is 11.5 Å². The van der Waals surface area contributed by atoms with E-state index in [1.54, 1.807) is 48.5 Å². The van der Waals surface area contributed by atoms with Gasteiger partial charge in [-0.05, 0) is 48.4 Å². The molecule has 4 aromatic rings. The molecule has 1 unspecified atom stereocenters. The smallest absolute Gasteiger partial charge is 0.330 e. The normalized spacial score (nSPS) is 11.5. The monoisotopic (exact) mass is 473 g/mol. The SMILES string of the molecule is CCC(C#N)c1cccc(C(=O)Nc2cccc(Oc3ccc4nc(N)sc4c3[N+](=O)[O-])c2)c1. The number of nitrogens with one attached hydrogen (secondary N) is 1. The molecule has 3 N–H and O–H groups in total. The summed E-state index contributed by atoms with van der Waals surface area (Å²) in [5, 5.41) is 24.0. The lowest BCUT2D eigenvalue weighted by Crippen LogP contribution is -2.12. The summed E-state index contributed by atoms with van der Waals surface area (Å²) in [7, 11) is 0. The van der Waals surface area contributed by atoms with Crippen LogP contribution in [0.3, 0.4) is 0 Å². The van der Waals surface area contributed by atoms with Gasteiger partial charge in [-0.1, -0.05) is 36.5 Å². The summed E-state index contributed by atoms with van der Waals surface area (Å²) in [4.78, 5) is 28.0. The van der Waals surface area contributed by atoms with Crippen molar-refractivity contribution in [3.63, 3.8) is 0 Å². The first kappa shape index (κ1) is 22.7. The molecule has 170 valence electrons. The molecule has 0 bridgehead atoms. The predicted octanol–water partition coefficient (Wildman–Crippen LogP) is 5.85. The van der Waals surface area contributed by atoms with Gasteiger partial charge in [0.2, 0.25) is 5.75 Å². The highest BCUT2D eigenvalue weighted by molar-refractivity contribution is 7.22. The van der Waals surface area contributed by atoms with Gasteiger partial charge in [0, 0.05) is 17.3 Å². The molecule has 4 rings (SSSR count). The van der Waals surface area contributed by atoms with Crippen LogP contribution in [-0.4, -0.2) is 15.8 Å². The van der Waals surface area contributed by atoms with Gasteiger partial charge in [-0.25, -0.2) is 4.98 Å². The molecule has 0 saturated heterocycles. The number of ether oxygens (including phenoxy) is 1. The summed E-state index contributed by atoms with van der Waals surface area (Å²) in [6.07, 6.45) is 0.646. The summed E-state index contributed by atoms with van der Waals surface area (Å²) in [6.45, 7) is 1.91. The number of carbonyl (C=O) groups is 1. The van der Waals surface area contributed by atoms with E-state index < -0.39 is 4.92 Å². The number of nitrogens with zero attached hydrogens (tertiary/aromatic N) is 3. The third kappa shape index (κ3) is 4.65. The first-order valence-corrected chi connectivity index (χ1v) is 11.1. The Bertz CT molecular complexity index is 1440. The van der Waals surface area contributed by atoms with Crippen LogP contribution < -0.4 is 15.8 Å². The Labute approximate surface area is 198 Å². The molecule has 1 heterocycles. The average molecular weight is 474 g/mol. The van der Waals surface area contributed by atoms with E-state index in [2.05, 4.69) is 16.4 Å². The van der Waals surface area contributed by atoms with Crippen molar-refractivity contribution in [2.75, 3.05) is 11.1 Å². The number of carbonyl (C=O) groups excluding carboxylic acids is 1. The molecule has 0 aliphatic carbocycles. The lowest BCUT2D eigenvalue weighted by atomic mass is 9.96. The number of nitrogens with two attached hydrogens (primary N) is 1. The van der Waals surface area contributed by atoms with Gasteiger partial charge in [-0.2, -0.15) is 5.26 Å². The van der Waals surface area contributed by atoms with Crippen molar-refractivity contribution < 1.29 is 14.5 Å². The van der Waals surface area contributed by atoms with E-state index in [-0.39, 0.29) is 28.4 Å². The number of nitriles is 1. The van der Waals surface area contributed by atoms with Crippen LogP contribution in [0.1, 0.15) is 35.2 Å². The van der Waals surface area contributed by atoms with Gasteiger partial charge < -0.3 is 15.8 Å². The lowest BCUT2D eigenvalue weighted by molar-refractivity contribution is -0.383. The lowest BCUT2D eigenvalue weighted by Gasteiger charge is -2.11. The Morgan fingerprint density at radius 2 is 2.06 bits per heavy atom. The van der Waals surface area contributed by atoms with E-state index in [0.717, 1.165) is 16.9 Å². The highest BCUT2D eigenvalue weighted by atomic mass is 32.1. The second kappa shape index (κ2) is 9.56. The standard InChI is InChI=1S/C24H19N5O4S/c1-2-14(13-25)15-5-3-6-16(11-15)23(30)27-17-7-4-8-18(12-17)33-20-10-9-19-22(21(20)29(31)32)34-24(26)28-19/h3-12,14H,2H2,1H3,(H2,26,28)(H,27,30). The number of hydrogen-bond acceptors (Lipinski definition) is 8. The Balaban J connectivity index is 1.57. The summed E-state index contributed by atoms with van der Waals surface area (Å²) in [5.74, 6) is -0.285. The maximum absolute atomic E-state index is 12.8. The van der Waals surface area contributed by atoms with Crippen molar-refractivity contribution in [2.24, 2.45) is 0 Å². The highest BCUT2D eigenvalue weighted by Crippen LogP contribution is 2.41. The number of nitrogen functional groups attached to an aromatic ring is 1. The highest BCUT2D eigenvalue weighted by Gasteiger charge is 2.23. The Kier molecular flexibility index (Phi) is 6.38. The minimum atomic E-state index is -0.529. The molecule has 0 fully saturated rings. The largest absolute Gasteiger partial charge is 0.450 e. The molecule has 0 aliphatic heterocycles. The average Bonchev–Trinajstić information content (AvgIpc) is 3.20. The number of thiazole rings is 1. The molecule has 1 aromatic heterocycles. The van der Waals surface area contributed by atoms with Crippen LogP contribution in [0.25, 0.3) is 10.2 Å². The number of aromatic nitrogens is 1. The van der Waals surface area contributed by atoms with Gasteiger partial charge >= 0.3 is 5.69 Å². The number of nitro groups is 1. The summed E-state index contributed by atoms with van der Waals surface area (Å²) < 4.78 is 6.13. The molecule has 34 heavy (non-hydrogen) atoms. The Hall–Kier alpha value is -4.49. The molecular weight excluding hydrogens is 454 g/mol. The van der Waals surface area contributed by atoms with Crippen molar-refractivity contribution in [3.8, 4) is 17.6 Å². The quantitative estimate of drug-likeness (QED) is 0.253. The first-order valence-electron chi connectivity index (χ1n) is 10.3. The zero-order valence-electron chi connectivity index (χ0n) is 18.0. The molecule has 0 radical (unpaired) electrons. The van der Waals surface area contributed by atoms with Crippen molar-refractivity contribution >= 4 is 44.0 Å². The number of benzene rings is 3. The van der Waals surface area contributed by atoms with Crippen LogP contribution in [-0.2, 0) is 0 Å². The number of fused-ring (bicyclic) bond motifs is 1. The van der Waals surface area contributed by atoms with Gasteiger partial charge in [0.25, 0.3) is 5.91 Å². The number of amides is 1. The van der Waals surface area contributed by atoms with Gasteiger partial charge in [-0.15, -0.1) is 0 Å². The van der Waals surface area contributed by atoms with Crippen molar-refractivity contribution in [2.45, 2.75) is 19.3 Å². The minimum absolute atomic E-state index is 0.0411. The van der Waals surface area contributed by atoms with Crippen molar-refractivity contribution in [3.05, 3.63) is 81.9 Å². The van der Waals surface area contributed by atoms with Crippen LogP contribution in [0, 0.1) is 21.4 Å². The summed E-state index contributed by atoms with van der Waals surface area (Å²) in [5.41, 5.74) is 7.55. The predicted molar refractivity (Wildman–Crippen MR) is 130 cm³/mol. The topological polar surface area (TPSA) is 144 Å². The van der Waals surface area contributed by atoms with E-state index in [1.807, 2.05) is 13.0 Å². The summed E-state index contributed by atoms with van der Waals surface area (Å²) in [6, 6.07) is 18.8. The fourth-order valence-electron chi connectivity index (χ4n) is 3.50. The van der Waals surface area contributed by atoms with Crippen molar-refractivity contribution in [1.29, 1.82) is 5.26 Å². The fourth-order valence-corrected chi connectivity index (χ4v) is 4.34. The van der Waals surface area contributed by atoms with Crippen LogP contribution in [0.4, 0.5) is 16.5 Å². The van der Waals surface area contributed by atoms with Crippen LogP contribution in [0.2, 0.25) is 0 Å². The molecular formula is C24H19N5O4S. The van der Waals surface area contributed by atoms with E-state index in [4.69, 9.17) is 10.5 Å². The number of anilines is 2. The van der Waals surface area contributed by atoms with Gasteiger partial charge in [0.05, 0.1) is 22.4 Å². The van der Waals surface area contributed by atoms with Gasteiger partial charge in [0.15, 0.2) is 5.13 Å². The number of hydrogen-bond donors (Lipinski definition) is 2. The van der Waals surface area contributed by atoms with E-state index in [0.29, 0.717) is 33.6 Å². The molecule has 9 nitrogen and oxygen atoms in total. The number of rotatable bonds is 7. The van der Waals surface area contributed by atoms with E-state index in [1.165, 1.54) is 6.07 Å². The molecule has 3 aromatic carbocycles. The second-order valence-electron chi connectivity index (χ2n) is 7.37. The summed E-state index contributed by atoms with van der Waals surface area (Å²) >= 11 is 1.02. The first-order chi connectivity index (χ1) is 16.4. The van der Waals surface area contributed by atoms with Crippen LogP contribution in [0.15, 0.2) is 60.7 Å². The third-order valence-corrected chi connectivity index (χ3v) is 6.04. The van der Waals surface area contributed by atoms with Crippen molar-refractivity contribution in [1.82, 2.24) is 4.98 Å². The molecule has 0 aliphatic rings. The molecule has 0 spiro atoms. The molecule has 1 atom stereocenters. The van der Waals surface area contributed by atoms with Gasteiger partial charge in [0.1, 0.15) is 10.4 Å². The van der Waals surface area contributed by atoms with E-state index in [9.17, 15) is 20.2 Å². The maximum atomic E-state index is 12.8. The van der Waals surface area contributed by atoms with E-state index >= 15 is 0 Å². The Morgan fingerprint density at radius 1 is 1.26 bits per heavy atom. The maximum Gasteiger partial charge on any atom is 0.330 e. The Morgan fingerprint density at radius 3 is 2.79 bits per heavy atom.